The predicted octanol–water partition coefficient (Wildman–Crippen LogP) is 2.63. The lowest BCUT2D eigenvalue weighted by Crippen LogP contribution is -2.04. The van der Waals surface area contributed by atoms with Crippen LogP contribution < -0.4 is 5.73 Å². The van der Waals surface area contributed by atoms with Gasteiger partial charge in [-0.2, -0.15) is 0 Å². The third-order valence-corrected chi connectivity index (χ3v) is 2.84. The van der Waals surface area contributed by atoms with Gasteiger partial charge in [-0.1, -0.05) is 43.5 Å². The standard InChI is InChI=1S/C15H12O3.C3H5NO/c1-2-10-3-5-11(6-4-10)15(18)13-8-7-12(16)9-14(13)17;1-2-3(4)5/h2-9,16-17H,1H2;2H,1H2,(H2,4,5). The molecule has 0 aliphatic carbocycles. The first-order chi connectivity index (χ1) is 10.9. The number of ketones is 1. The van der Waals surface area contributed by atoms with Crippen molar-refractivity contribution < 1.29 is 19.8 Å². The fourth-order valence-electron chi connectivity index (χ4n) is 1.64. The third-order valence-electron chi connectivity index (χ3n) is 2.84. The molecule has 2 aromatic carbocycles. The van der Waals surface area contributed by atoms with Crippen LogP contribution in [0, 0.1) is 0 Å². The molecule has 0 fully saturated rings. The van der Waals surface area contributed by atoms with Crippen LogP contribution in [0.3, 0.4) is 0 Å². The number of amides is 1. The largest absolute Gasteiger partial charge is 0.508 e. The molecule has 0 aliphatic rings. The van der Waals surface area contributed by atoms with E-state index < -0.39 is 5.91 Å². The number of rotatable bonds is 4. The number of nitrogens with two attached hydrogens (primary N) is 1. The SMILES string of the molecule is C=CC(N)=O.C=Cc1ccc(C(=O)c2ccc(O)cc2O)cc1. The van der Waals surface area contributed by atoms with Gasteiger partial charge in [-0.3, -0.25) is 9.59 Å². The van der Waals surface area contributed by atoms with Gasteiger partial charge in [0.1, 0.15) is 11.5 Å². The first-order valence-corrected chi connectivity index (χ1v) is 6.60. The Morgan fingerprint density at radius 2 is 1.57 bits per heavy atom. The summed E-state index contributed by atoms with van der Waals surface area (Å²) in [7, 11) is 0. The second-order valence-electron chi connectivity index (χ2n) is 4.46. The highest BCUT2D eigenvalue weighted by Crippen LogP contribution is 2.25. The van der Waals surface area contributed by atoms with Gasteiger partial charge >= 0.3 is 0 Å². The van der Waals surface area contributed by atoms with Gasteiger partial charge in [-0.15, -0.1) is 0 Å². The Labute approximate surface area is 134 Å². The zero-order valence-corrected chi connectivity index (χ0v) is 12.4. The summed E-state index contributed by atoms with van der Waals surface area (Å²) in [4.78, 5) is 21.6. The van der Waals surface area contributed by atoms with Crippen molar-refractivity contribution in [1.82, 2.24) is 0 Å². The molecule has 0 spiro atoms. The van der Waals surface area contributed by atoms with Crippen molar-refractivity contribution in [3.63, 3.8) is 0 Å². The number of aromatic hydroxyl groups is 2. The lowest BCUT2D eigenvalue weighted by atomic mass is 10.0. The maximum Gasteiger partial charge on any atom is 0.240 e. The van der Waals surface area contributed by atoms with Crippen LogP contribution >= 0.6 is 0 Å². The maximum atomic E-state index is 12.1. The van der Waals surface area contributed by atoms with Crippen LogP contribution in [0.15, 0.2) is 61.7 Å². The first-order valence-electron chi connectivity index (χ1n) is 6.60. The molecular formula is C18H17NO4. The molecule has 5 heteroatoms. The zero-order valence-electron chi connectivity index (χ0n) is 12.4. The number of phenolic OH excluding ortho intramolecular Hbond substituents is 2. The summed E-state index contributed by atoms with van der Waals surface area (Å²) in [6.45, 7) is 6.72. The van der Waals surface area contributed by atoms with E-state index in [4.69, 9.17) is 0 Å². The van der Waals surface area contributed by atoms with E-state index in [1.165, 1.54) is 12.1 Å². The van der Waals surface area contributed by atoms with Crippen molar-refractivity contribution in [3.8, 4) is 11.5 Å². The highest BCUT2D eigenvalue weighted by atomic mass is 16.3. The fourth-order valence-corrected chi connectivity index (χ4v) is 1.64. The van der Waals surface area contributed by atoms with E-state index in [1.807, 2.05) is 0 Å². The molecule has 0 unspecified atom stereocenters. The summed E-state index contributed by atoms with van der Waals surface area (Å²) in [5, 5.41) is 18.8. The average molecular weight is 311 g/mol. The van der Waals surface area contributed by atoms with Crippen molar-refractivity contribution in [2.75, 3.05) is 0 Å². The first kappa shape index (κ1) is 17.7. The molecule has 0 saturated carbocycles. The summed E-state index contributed by atoms with van der Waals surface area (Å²) < 4.78 is 0. The van der Waals surface area contributed by atoms with Crippen molar-refractivity contribution in [2.45, 2.75) is 0 Å². The summed E-state index contributed by atoms with van der Waals surface area (Å²) in [6.07, 6.45) is 2.74. The molecule has 0 atom stereocenters. The van der Waals surface area contributed by atoms with E-state index in [-0.39, 0.29) is 22.8 Å². The molecule has 0 bridgehead atoms. The summed E-state index contributed by atoms with van der Waals surface area (Å²) in [5.41, 5.74) is 6.09. The second-order valence-corrected chi connectivity index (χ2v) is 4.46. The molecular weight excluding hydrogens is 294 g/mol. The van der Waals surface area contributed by atoms with E-state index in [2.05, 4.69) is 18.9 Å². The van der Waals surface area contributed by atoms with E-state index >= 15 is 0 Å². The Balaban J connectivity index is 0.000000463. The highest BCUT2D eigenvalue weighted by molar-refractivity contribution is 6.10. The zero-order chi connectivity index (χ0) is 17.4. The van der Waals surface area contributed by atoms with Gasteiger partial charge in [-0.05, 0) is 23.8 Å². The Hall–Kier alpha value is -3.34. The maximum absolute atomic E-state index is 12.1. The van der Waals surface area contributed by atoms with Crippen LogP contribution in [0.5, 0.6) is 11.5 Å². The smallest absolute Gasteiger partial charge is 0.240 e. The lowest BCUT2D eigenvalue weighted by molar-refractivity contribution is -0.113. The van der Waals surface area contributed by atoms with E-state index in [1.54, 1.807) is 30.3 Å². The van der Waals surface area contributed by atoms with Crippen molar-refractivity contribution in [3.05, 3.63) is 78.4 Å². The van der Waals surface area contributed by atoms with E-state index in [9.17, 15) is 19.8 Å². The number of carbonyl (C=O) groups excluding carboxylic acids is 2. The van der Waals surface area contributed by atoms with Gasteiger partial charge in [0.15, 0.2) is 5.78 Å². The molecule has 118 valence electrons. The summed E-state index contributed by atoms with van der Waals surface area (Å²) in [6, 6.07) is 10.8. The van der Waals surface area contributed by atoms with Crippen LogP contribution in [0.4, 0.5) is 0 Å². The summed E-state index contributed by atoms with van der Waals surface area (Å²) in [5.74, 6) is -1.08. The van der Waals surface area contributed by atoms with Crippen LogP contribution in [0.25, 0.3) is 6.08 Å². The van der Waals surface area contributed by atoms with E-state index in [0.717, 1.165) is 17.7 Å². The van der Waals surface area contributed by atoms with Crippen LogP contribution in [-0.2, 0) is 4.79 Å². The molecule has 23 heavy (non-hydrogen) atoms. The molecule has 0 radical (unpaired) electrons. The van der Waals surface area contributed by atoms with Gasteiger partial charge in [0.05, 0.1) is 5.56 Å². The Morgan fingerprint density at radius 1 is 1.00 bits per heavy atom. The average Bonchev–Trinajstić information content (AvgIpc) is 2.55. The summed E-state index contributed by atoms with van der Waals surface area (Å²) >= 11 is 0. The van der Waals surface area contributed by atoms with Gasteiger partial charge in [0, 0.05) is 11.6 Å². The molecule has 0 aromatic heterocycles. The molecule has 2 rings (SSSR count). The normalized spacial score (nSPS) is 9.22. The Bertz CT molecular complexity index is 733. The Morgan fingerprint density at radius 3 is 2.00 bits per heavy atom. The van der Waals surface area contributed by atoms with Gasteiger partial charge in [-0.25, -0.2) is 0 Å². The molecule has 1 amide bonds. The molecule has 0 saturated heterocycles. The molecule has 5 nitrogen and oxygen atoms in total. The Kier molecular flexibility index (Phi) is 6.30. The number of primary amides is 1. The number of phenols is 2. The van der Waals surface area contributed by atoms with Gasteiger partial charge in [0.2, 0.25) is 5.91 Å². The van der Waals surface area contributed by atoms with Gasteiger partial charge in [0.25, 0.3) is 0 Å². The lowest BCUT2D eigenvalue weighted by Gasteiger charge is -2.04. The van der Waals surface area contributed by atoms with Crippen molar-refractivity contribution in [2.24, 2.45) is 5.73 Å². The minimum atomic E-state index is -0.481. The van der Waals surface area contributed by atoms with Crippen molar-refractivity contribution in [1.29, 1.82) is 0 Å². The molecule has 0 heterocycles. The molecule has 0 aliphatic heterocycles. The number of hydrogen-bond acceptors (Lipinski definition) is 4. The second kappa shape index (κ2) is 8.19. The predicted molar refractivity (Wildman–Crippen MR) is 89.1 cm³/mol. The van der Waals surface area contributed by atoms with Crippen LogP contribution in [0.1, 0.15) is 21.5 Å². The van der Waals surface area contributed by atoms with E-state index in [0.29, 0.717) is 5.56 Å². The van der Waals surface area contributed by atoms with Gasteiger partial charge < -0.3 is 15.9 Å². The monoisotopic (exact) mass is 311 g/mol. The quantitative estimate of drug-likeness (QED) is 0.597. The highest BCUT2D eigenvalue weighted by Gasteiger charge is 2.13. The minimum Gasteiger partial charge on any atom is -0.508 e. The van der Waals surface area contributed by atoms with Crippen LogP contribution in [0.2, 0.25) is 0 Å². The number of benzene rings is 2. The van der Waals surface area contributed by atoms with Crippen molar-refractivity contribution >= 4 is 17.8 Å². The topological polar surface area (TPSA) is 101 Å². The third kappa shape index (κ3) is 5.17. The molecule has 4 N–H and O–H groups in total. The molecule has 2 aromatic rings. The number of hydrogen-bond donors (Lipinski definition) is 3. The minimum absolute atomic E-state index is 0.0777. The van der Waals surface area contributed by atoms with Crippen LogP contribution in [-0.4, -0.2) is 21.9 Å². The number of carbonyl (C=O) groups is 2. The fraction of sp³-hybridized carbons (Fsp3) is 0.